The van der Waals surface area contributed by atoms with Crippen LogP contribution in [0.2, 0.25) is 0 Å². The minimum atomic E-state index is 0.304. The van der Waals surface area contributed by atoms with E-state index in [0.29, 0.717) is 12.1 Å². The molecule has 3 heteroatoms. The van der Waals surface area contributed by atoms with Gasteiger partial charge in [-0.1, -0.05) is 0 Å². The van der Waals surface area contributed by atoms with Gasteiger partial charge in [0.1, 0.15) is 0 Å². The quantitative estimate of drug-likeness (QED) is 0.711. The number of aromatic nitrogens is 2. The van der Waals surface area contributed by atoms with Gasteiger partial charge < -0.3 is 5.73 Å². The standard InChI is InChI=1S/C10H17N3/c1-7-6-8(2)13(12-7)10-5-3-4-9(10)11/h6,9-10H,3-5,11H2,1-2H3. The zero-order valence-electron chi connectivity index (χ0n) is 8.33. The van der Waals surface area contributed by atoms with Gasteiger partial charge in [0.2, 0.25) is 0 Å². The van der Waals surface area contributed by atoms with Crippen LogP contribution in [0.15, 0.2) is 6.07 Å². The molecule has 1 aliphatic carbocycles. The van der Waals surface area contributed by atoms with Gasteiger partial charge in [0.25, 0.3) is 0 Å². The fourth-order valence-electron chi connectivity index (χ4n) is 2.25. The Balaban J connectivity index is 2.28. The summed E-state index contributed by atoms with van der Waals surface area (Å²) in [7, 11) is 0. The molecule has 0 aromatic carbocycles. The van der Waals surface area contributed by atoms with Crippen molar-refractivity contribution in [1.29, 1.82) is 0 Å². The van der Waals surface area contributed by atoms with Crippen LogP contribution < -0.4 is 5.73 Å². The van der Waals surface area contributed by atoms with Gasteiger partial charge in [-0.2, -0.15) is 5.10 Å². The van der Waals surface area contributed by atoms with E-state index in [4.69, 9.17) is 5.73 Å². The zero-order chi connectivity index (χ0) is 9.42. The van der Waals surface area contributed by atoms with E-state index in [9.17, 15) is 0 Å². The molecular formula is C10H17N3. The fraction of sp³-hybridized carbons (Fsp3) is 0.700. The first-order valence-electron chi connectivity index (χ1n) is 4.97. The molecule has 72 valence electrons. The lowest BCUT2D eigenvalue weighted by Crippen LogP contribution is -2.28. The lowest BCUT2D eigenvalue weighted by atomic mass is 10.2. The molecule has 2 N–H and O–H groups in total. The molecule has 1 aromatic heterocycles. The molecule has 1 fully saturated rings. The van der Waals surface area contributed by atoms with Crippen LogP contribution in [0.1, 0.15) is 36.7 Å². The van der Waals surface area contributed by atoms with Crippen molar-refractivity contribution in [2.45, 2.75) is 45.2 Å². The third-order valence-corrected chi connectivity index (χ3v) is 2.89. The molecule has 0 radical (unpaired) electrons. The predicted molar refractivity (Wildman–Crippen MR) is 52.6 cm³/mol. The predicted octanol–water partition coefficient (Wildman–Crippen LogP) is 1.55. The van der Waals surface area contributed by atoms with Gasteiger partial charge in [-0.25, -0.2) is 0 Å². The normalized spacial score (nSPS) is 28.2. The molecule has 0 saturated heterocycles. The van der Waals surface area contributed by atoms with Crippen molar-refractivity contribution in [3.05, 3.63) is 17.5 Å². The summed E-state index contributed by atoms with van der Waals surface area (Å²) in [4.78, 5) is 0. The maximum Gasteiger partial charge on any atom is 0.0673 e. The maximum absolute atomic E-state index is 6.03. The van der Waals surface area contributed by atoms with Gasteiger partial charge in [0.05, 0.1) is 11.7 Å². The number of hydrogen-bond acceptors (Lipinski definition) is 2. The van der Waals surface area contributed by atoms with E-state index in [1.54, 1.807) is 0 Å². The van der Waals surface area contributed by atoms with Crippen LogP contribution in [0, 0.1) is 13.8 Å². The SMILES string of the molecule is Cc1cc(C)n(C2CCCC2N)n1. The molecule has 0 spiro atoms. The van der Waals surface area contributed by atoms with E-state index in [1.807, 2.05) is 6.92 Å². The summed E-state index contributed by atoms with van der Waals surface area (Å²) in [5, 5.41) is 4.48. The third kappa shape index (κ3) is 1.48. The van der Waals surface area contributed by atoms with Crippen LogP contribution in [-0.2, 0) is 0 Å². The van der Waals surface area contributed by atoms with Crippen molar-refractivity contribution in [2.75, 3.05) is 0 Å². The van der Waals surface area contributed by atoms with Crippen LogP contribution in [0.3, 0.4) is 0 Å². The molecule has 0 bridgehead atoms. The smallest absolute Gasteiger partial charge is 0.0673 e. The fourth-order valence-corrected chi connectivity index (χ4v) is 2.25. The van der Waals surface area contributed by atoms with Crippen molar-refractivity contribution >= 4 is 0 Å². The molecule has 3 nitrogen and oxygen atoms in total. The third-order valence-electron chi connectivity index (χ3n) is 2.89. The first-order valence-corrected chi connectivity index (χ1v) is 4.97. The Hall–Kier alpha value is -0.830. The lowest BCUT2D eigenvalue weighted by molar-refractivity contribution is 0.412. The molecule has 1 heterocycles. The average Bonchev–Trinajstić information content (AvgIpc) is 2.58. The summed E-state index contributed by atoms with van der Waals surface area (Å²) in [6.07, 6.45) is 3.57. The largest absolute Gasteiger partial charge is 0.326 e. The van der Waals surface area contributed by atoms with Gasteiger partial charge in [-0.05, 0) is 39.2 Å². The van der Waals surface area contributed by atoms with Gasteiger partial charge in [0, 0.05) is 11.7 Å². The van der Waals surface area contributed by atoms with Crippen LogP contribution in [0.25, 0.3) is 0 Å². The Bertz CT molecular complexity index is 303. The Labute approximate surface area is 78.9 Å². The second kappa shape index (κ2) is 3.14. The Morgan fingerprint density at radius 1 is 1.46 bits per heavy atom. The van der Waals surface area contributed by atoms with Crippen molar-refractivity contribution in [1.82, 2.24) is 9.78 Å². The first-order chi connectivity index (χ1) is 6.18. The van der Waals surface area contributed by atoms with Crippen molar-refractivity contribution in [2.24, 2.45) is 5.73 Å². The first kappa shape index (κ1) is 8.75. The van der Waals surface area contributed by atoms with Crippen LogP contribution in [-0.4, -0.2) is 15.8 Å². The molecule has 0 aliphatic heterocycles. The number of nitrogens with zero attached hydrogens (tertiary/aromatic N) is 2. The highest BCUT2D eigenvalue weighted by atomic mass is 15.3. The van der Waals surface area contributed by atoms with Crippen molar-refractivity contribution in [3.8, 4) is 0 Å². The van der Waals surface area contributed by atoms with E-state index < -0.39 is 0 Å². The summed E-state index contributed by atoms with van der Waals surface area (Å²) >= 11 is 0. The second-order valence-electron chi connectivity index (χ2n) is 4.03. The molecule has 2 rings (SSSR count). The second-order valence-corrected chi connectivity index (χ2v) is 4.03. The van der Waals surface area contributed by atoms with Gasteiger partial charge in [-0.15, -0.1) is 0 Å². The highest BCUT2D eigenvalue weighted by molar-refractivity contribution is 5.08. The van der Waals surface area contributed by atoms with Gasteiger partial charge >= 0.3 is 0 Å². The number of hydrogen-bond donors (Lipinski definition) is 1. The van der Waals surface area contributed by atoms with E-state index in [1.165, 1.54) is 18.5 Å². The molecule has 13 heavy (non-hydrogen) atoms. The summed E-state index contributed by atoms with van der Waals surface area (Å²) < 4.78 is 2.10. The van der Waals surface area contributed by atoms with Crippen molar-refractivity contribution in [3.63, 3.8) is 0 Å². The summed E-state index contributed by atoms with van der Waals surface area (Å²) in [5.41, 5.74) is 8.36. The highest BCUT2D eigenvalue weighted by Crippen LogP contribution is 2.29. The molecule has 1 aliphatic rings. The molecular weight excluding hydrogens is 162 g/mol. The average molecular weight is 179 g/mol. The summed E-state index contributed by atoms with van der Waals surface area (Å²) in [6, 6.07) is 2.86. The maximum atomic E-state index is 6.03. The lowest BCUT2D eigenvalue weighted by Gasteiger charge is -2.17. The topological polar surface area (TPSA) is 43.8 Å². The van der Waals surface area contributed by atoms with E-state index >= 15 is 0 Å². The number of rotatable bonds is 1. The zero-order valence-corrected chi connectivity index (χ0v) is 8.33. The number of aryl methyl sites for hydroxylation is 2. The van der Waals surface area contributed by atoms with E-state index in [-0.39, 0.29) is 0 Å². The van der Waals surface area contributed by atoms with Crippen molar-refractivity contribution < 1.29 is 0 Å². The highest BCUT2D eigenvalue weighted by Gasteiger charge is 2.26. The minimum Gasteiger partial charge on any atom is -0.326 e. The van der Waals surface area contributed by atoms with Crippen LogP contribution in [0.5, 0.6) is 0 Å². The van der Waals surface area contributed by atoms with E-state index in [2.05, 4.69) is 22.8 Å². The van der Waals surface area contributed by atoms with E-state index in [0.717, 1.165) is 12.1 Å². The Kier molecular flexibility index (Phi) is 2.12. The summed E-state index contributed by atoms with van der Waals surface area (Å²) in [6.45, 7) is 4.13. The Morgan fingerprint density at radius 2 is 2.23 bits per heavy atom. The molecule has 2 unspecified atom stereocenters. The van der Waals surface area contributed by atoms with Crippen LogP contribution >= 0.6 is 0 Å². The molecule has 1 saturated carbocycles. The van der Waals surface area contributed by atoms with Gasteiger partial charge in [-0.3, -0.25) is 4.68 Å². The Morgan fingerprint density at radius 3 is 2.69 bits per heavy atom. The molecule has 0 amide bonds. The molecule has 1 aromatic rings. The minimum absolute atomic E-state index is 0.304. The molecule has 2 atom stereocenters. The van der Waals surface area contributed by atoms with Gasteiger partial charge in [0.15, 0.2) is 0 Å². The monoisotopic (exact) mass is 179 g/mol. The number of nitrogens with two attached hydrogens (primary N) is 1. The van der Waals surface area contributed by atoms with Crippen LogP contribution in [0.4, 0.5) is 0 Å². The summed E-state index contributed by atoms with van der Waals surface area (Å²) in [5.74, 6) is 0.